The molecule has 2 fully saturated rings. The number of nitrogens with one attached hydrogen (secondary N) is 1. The van der Waals surface area contributed by atoms with Crippen LogP contribution in [0.15, 0.2) is 0 Å². The van der Waals surface area contributed by atoms with Gasteiger partial charge in [-0.3, -0.25) is 4.79 Å². The molecule has 1 atom stereocenters. The third kappa shape index (κ3) is 5.12. The zero-order chi connectivity index (χ0) is 14.4. The third-order valence-electron chi connectivity index (χ3n) is 4.28. The summed E-state index contributed by atoms with van der Waals surface area (Å²) >= 11 is 0. The molecule has 0 unspecified atom stereocenters. The van der Waals surface area contributed by atoms with E-state index in [9.17, 15) is 9.59 Å². The monoisotopic (exact) mass is 282 g/mol. The largest absolute Gasteiger partial charge is 0.480 e. The maximum Gasteiger partial charge on any atom is 0.326 e. The van der Waals surface area contributed by atoms with Crippen molar-refractivity contribution in [3.63, 3.8) is 0 Å². The summed E-state index contributed by atoms with van der Waals surface area (Å²) in [7, 11) is 0. The van der Waals surface area contributed by atoms with E-state index in [4.69, 9.17) is 5.11 Å². The second kappa shape index (κ2) is 7.62. The van der Waals surface area contributed by atoms with Gasteiger partial charge in [0.1, 0.15) is 6.04 Å². The zero-order valence-corrected chi connectivity index (χ0v) is 12.1. The van der Waals surface area contributed by atoms with Gasteiger partial charge in [0, 0.05) is 13.0 Å². The van der Waals surface area contributed by atoms with Crippen LogP contribution in [0.25, 0.3) is 0 Å². The fourth-order valence-electron chi connectivity index (χ4n) is 2.85. The van der Waals surface area contributed by atoms with Crippen molar-refractivity contribution in [3.05, 3.63) is 0 Å². The van der Waals surface area contributed by atoms with E-state index in [0.29, 0.717) is 6.42 Å². The lowest BCUT2D eigenvalue weighted by Gasteiger charge is -2.24. The summed E-state index contributed by atoms with van der Waals surface area (Å²) < 4.78 is 0. The molecule has 1 amide bonds. The van der Waals surface area contributed by atoms with Crippen LogP contribution in [0.2, 0.25) is 0 Å². The number of hydrogen-bond donors (Lipinski definition) is 2. The van der Waals surface area contributed by atoms with Crippen molar-refractivity contribution in [3.8, 4) is 0 Å². The van der Waals surface area contributed by atoms with Crippen LogP contribution in [0, 0.1) is 5.92 Å². The molecule has 2 N–H and O–H groups in total. The Balaban J connectivity index is 1.69. The maximum absolute atomic E-state index is 11.9. The molecular weight excluding hydrogens is 256 g/mol. The number of nitrogens with zero attached hydrogens (tertiary/aromatic N) is 1. The molecule has 1 aliphatic carbocycles. The Kier molecular flexibility index (Phi) is 5.83. The van der Waals surface area contributed by atoms with Crippen molar-refractivity contribution in [2.75, 3.05) is 19.6 Å². The van der Waals surface area contributed by atoms with Crippen molar-refractivity contribution >= 4 is 11.9 Å². The highest BCUT2D eigenvalue weighted by molar-refractivity contribution is 5.84. The first-order valence-corrected chi connectivity index (χ1v) is 7.91. The third-order valence-corrected chi connectivity index (χ3v) is 4.28. The quantitative estimate of drug-likeness (QED) is 0.777. The lowest BCUT2D eigenvalue weighted by Crippen LogP contribution is -2.43. The normalized spacial score (nSPS) is 22.6. The summed E-state index contributed by atoms with van der Waals surface area (Å²) in [6.45, 7) is 2.89. The number of carbonyl (C=O) groups excluding carboxylic acids is 1. The average molecular weight is 282 g/mol. The molecule has 5 nitrogen and oxygen atoms in total. The van der Waals surface area contributed by atoms with Gasteiger partial charge >= 0.3 is 5.97 Å². The Hall–Kier alpha value is -1.10. The summed E-state index contributed by atoms with van der Waals surface area (Å²) in [5.74, 6) is -0.864. The molecule has 0 aromatic carbocycles. The van der Waals surface area contributed by atoms with Gasteiger partial charge in [-0.05, 0) is 44.7 Å². The van der Waals surface area contributed by atoms with E-state index in [1.807, 2.05) is 0 Å². The first-order chi connectivity index (χ1) is 9.66. The molecule has 0 aromatic rings. The van der Waals surface area contributed by atoms with Gasteiger partial charge in [-0.15, -0.1) is 0 Å². The fourth-order valence-corrected chi connectivity index (χ4v) is 2.85. The van der Waals surface area contributed by atoms with E-state index in [2.05, 4.69) is 10.2 Å². The smallest absolute Gasteiger partial charge is 0.326 e. The first-order valence-electron chi connectivity index (χ1n) is 7.91. The fraction of sp³-hybridized carbons (Fsp3) is 0.867. The second-order valence-corrected chi connectivity index (χ2v) is 6.08. The number of likely N-dealkylation sites (tertiary alicyclic amines) is 1. The molecule has 2 rings (SSSR count). The van der Waals surface area contributed by atoms with Gasteiger partial charge < -0.3 is 15.3 Å². The summed E-state index contributed by atoms with van der Waals surface area (Å²) in [5.41, 5.74) is 0. The van der Waals surface area contributed by atoms with Crippen LogP contribution >= 0.6 is 0 Å². The number of amides is 1. The standard InChI is InChI=1S/C15H26N2O3/c18-13(16-14(15(19)20)12-6-7-12)8-11-17-9-4-2-1-3-5-10-17/h12,14H,1-11H2,(H,16,18)(H,19,20)/t14-/m0/s1. The molecule has 1 saturated carbocycles. The lowest BCUT2D eigenvalue weighted by atomic mass is 10.1. The number of aliphatic carboxylic acids is 1. The number of carboxylic acid groups (broad SMARTS) is 1. The van der Waals surface area contributed by atoms with Gasteiger partial charge in [-0.1, -0.05) is 19.3 Å². The van der Waals surface area contributed by atoms with Crippen LogP contribution in [0.4, 0.5) is 0 Å². The number of carboxylic acids is 1. The molecule has 0 spiro atoms. The average Bonchev–Trinajstić information content (AvgIpc) is 3.18. The summed E-state index contributed by atoms with van der Waals surface area (Å²) in [4.78, 5) is 25.3. The van der Waals surface area contributed by atoms with Crippen LogP contribution in [-0.4, -0.2) is 47.6 Å². The summed E-state index contributed by atoms with van der Waals surface area (Å²) in [5, 5.41) is 11.8. The summed E-state index contributed by atoms with van der Waals surface area (Å²) in [6.07, 6.45) is 8.57. The van der Waals surface area contributed by atoms with Gasteiger partial charge in [0.05, 0.1) is 0 Å². The van der Waals surface area contributed by atoms with E-state index in [1.54, 1.807) is 0 Å². The Morgan fingerprint density at radius 3 is 2.25 bits per heavy atom. The molecule has 0 bridgehead atoms. The van der Waals surface area contributed by atoms with Crippen LogP contribution in [0.3, 0.4) is 0 Å². The molecule has 5 heteroatoms. The minimum absolute atomic E-state index is 0.119. The lowest BCUT2D eigenvalue weighted by molar-refractivity contribution is -0.142. The van der Waals surface area contributed by atoms with Crippen LogP contribution in [0.1, 0.15) is 51.4 Å². The molecule has 20 heavy (non-hydrogen) atoms. The molecular formula is C15H26N2O3. The van der Waals surface area contributed by atoms with E-state index in [-0.39, 0.29) is 11.8 Å². The van der Waals surface area contributed by atoms with E-state index < -0.39 is 12.0 Å². The highest BCUT2D eigenvalue weighted by Crippen LogP contribution is 2.32. The van der Waals surface area contributed by atoms with Crippen molar-refractivity contribution in [2.24, 2.45) is 5.92 Å². The number of hydrogen-bond acceptors (Lipinski definition) is 3. The van der Waals surface area contributed by atoms with E-state index in [0.717, 1.165) is 32.5 Å². The topological polar surface area (TPSA) is 69.6 Å². The second-order valence-electron chi connectivity index (χ2n) is 6.08. The number of rotatable bonds is 6. The van der Waals surface area contributed by atoms with Crippen molar-refractivity contribution in [1.82, 2.24) is 10.2 Å². The SMILES string of the molecule is O=C(CCN1CCCCCCC1)N[C@H](C(=O)O)C1CC1. The van der Waals surface area contributed by atoms with Crippen LogP contribution < -0.4 is 5.32 Å². The predicted molar refractivity (Wildman–Crippen MR) is 76.4 cm³/mol. The van der Waals surface area contributed by atoms with Gasteiger partial charge in [0.25, 0.3) is 0 Å². The molecule has 0 radical (unpaired) electrons. The molecule has 2 aliphatic rings. The first kappa shape index (κ1) is 15.3. The zero-order valence-electron chi connectivity index (χ0n) is 12.1. The van der Waals surface area contributed by atoms with E-state index >= 15 is 0 Å². The highest BCUT2D eigenvalue weighted by atomic mass is 16.4. The van der Waals surface area contributed by atoms with Crippen molar-refractivity contribution < 1.29 is 14.7 Å². The minimum Gasteiger partial charge on any atom is -0.480 e. The minimum atomic E-state index is -0.896. The van der Waals surface area contributed by atoms with E-state index in [1.165, 1.54) is 32.1 Å². The van der Waals surface area contributed by atoms with Gasteiger partial charge in [0.2, 0.25) is 5.91 Å². The van der Waals surface area contributed by atoms with Crippen molar-refractivity contribution in [1.29, 1.82) is 0 Å². The van der Waals surface area contributed by atoms with Crippen molar-refractivity contribution in [2.45, 2.75) is 57.4 Å². The number of carbonyl (C=O) groups is 2. The summed E-state index contributed by atoms with van der Waals surface area (Å²) in [6, 6.07) is -0.671. The Labute approximate surface area is 120 Å². The Bertz CT molecular complexity index is 334. The molecule has 1 aliphatic heterocycles. The van der Waals surface area contributed by atoms with Gasteiger partial charge in [0.15, 0.2) is 0 Å². The molecule has 1 heterocycles. The van der Waals surface area contributed by atoms with Gasteiger partial charge in [-0.25, -0.2) is 4.79 Å². The highest BCUT2D eigenvalue weighted by Gasteiger charge is 2.37. The van der Waals surface area contributed by atoms with Crippen LogP contribution in [0.5, 0.6) is 0 Å². The van der Waals surface area contributed by atoms with Crippen LogP contribution in [-0.2, 0) is 9.59 Å². The molecule has 0 aromatic heterocycles. The molecule has 114 valence electrons. The Morgan fingerprint density at radius 1 is 1.10 bits per heavy atom. The van der Waals surface area contributed by atoms with Gasteiger partial charge in [-0.2, -0.15) is 0 Å². The molecule has 1 saturated heterocycles. The Morgan fingerprint density at radius 2 is 1.70 bits per heavy atom. The maximum atomic E-state index is 11.9. The predicted octanol–water partition coefficient (Wildman–Crippen LogP) is 1.62.